The fourth-order valence-corrected chi connectivity index (χ4v) is 6.07. The standard InChI is InChI=1S/C22H20N4O15S4/c27-20-18(11-15(12-19(20)44(35,36)37)42(30,31)9-8-41-45(38,39)40)24-26-21(13-4-2-1-3-5-13)25-23-17-10-14(43(32,33)34)6-7-16(17)22(28)29/h1-7,10-12,21,27H,8-9H2,(H,28,29)(H,32,33,34)(H,35,36,37)(H,38,39,40). The number of benzene rings is 3. The zero-order valence-corrected chi connectivity index (χ0v) is 25.3. The van der Waals surface area contributed by atoms with Gasteiger partial charge < -0.3 is 10.2 Å². The molecular formula is C22H20N4O15S4. The van der Waals surface area contributed by atoms with E-state index in [0.717, 1.165) is 12.1 Å². The Morgan fingerprint density at radius 1 is 0.756 bits per heavy atom. The van der Waals surface area contributed by atoms with Crippen LogP contribution in [-0.2, 0) is 44.7 Å². The lowest BCUT2D eigenvalue weighted by atomic mass is 10.2. The van der Waals surface area contributed by atoms with Crippen molar-refractivity contribution >= 4 is 57.8 Å². The van der Waals surface area contributed by atoms with Crippen LogP contribution in [0.2, 0.25) is 0 Å². The summed E-state index contributed by atoms with van der Waals surface area (Å²) in [6, 6.07) is 10.7. The Morgan fingerprint density at radius 2 is 1.33 bits per heavy atom. The molecule has 3 rings (SSSR count). The summed E-state index contributed by atoms with van der Waals surface area (Å²) in [5, 5.41) is 34.9. The summed E-state index contributed by atoms with van der Waals surface area (Å²) < 4.78 is 125. The highest BCUT2D eigenvalue weighted by Crippen LogP contribution is 2.38. The molecule has 0 saturated heterocycles. The van der Waals surface area contributed by atoms with Crippen molar-refractivity contribution in [3.05, 3.63) is 71.8 Å². The third-order valence-corrected chi connectivity index (χ3v) is 9.23. The van der Waals surface area contributed by atoms with Crippen molar-refractivity contribution in [2.24, 2.45) is 20.5 Å². The normalized spacial score (nSPS) is 13.8. The topological polar surface area (TPSA) is 313 Å². The molecule has 0 aliphatic rings. The number of sulfone groups is 1. The molecule has 1 unspecified atom stereocenters. The molecular weight excluding hydrogens is 689 g/mol. The van der Waals surface area contributed by atoms with Crippen molar-refractivity contribution in [1.29, 1.82) is 0 Å². The predicted octanol–water partition coefficient (Wildman–Crippen LogP) is 2.74. The quantitative estimate of drug-likeness (QED) is 0.126. The number of phenolic OH excluding ortho intramolecular Hbond substituents is 1. The van der Waals surface area contributed by atoms with Gasteiger partial charge in [-0.3, -0.25) is 13.7 Å². The van der Waals surface area contributed by atoms with Gasteiger partial charge in [-0.15, -0.1) is 5.11 Å². The molecule has 242 valence electrons. The molecule has 3 aromatic carbocycles. The third kappa shape index (κ3) is 9.63. The summed E-state index contributed by atoms with van der Waals surface area (Å²) in [5.41, 5.74) is -1.77. The molecule has 0 aliphatic heterocycles. The summed E-state index contributed by atoms with van der Waals surface area (Å²) in [4.78, 5) is 8.67. The Morgan fingerprint density at radius 3 is 1.87 bits per heavy atom. The third-order valence-electron chi connectivity index (χ3n) is 5.39. The summed E-state index contributed by atoms with van der Waals surface area (Å²) >= 11 is 0. The maximum Gasteiger partial charge on any atom is 0.397 e. The molecule has 0 radical (unpaired) electrons. The molecule has 0 bridgehead atoms. The Hall–Kier alpha value is -4.23. The fraction of sp³-hybridized carbons (Fsp3) is 0.136. The second-order valence-electron chi connectivity index (χ2n) is 8.51. The Labute approximate surface area is 254 Å². The molecule has 5 N–H and O–H groups in total. The van der Waals surface area contributed by atoms with Crippen LogP contribution in [0.4, 0.5) is 11.4 Å². The monoisotopic (exact) mass is 708 g/mol. The van der Waals surface area contributed by atoms with E-state index >= 15 is 0 Å². The first-order valence-corrected chi connectivity index (χ1v) is 17.5. The molecule has 0 heterocycles. The summed E-state index contributed by atoms with van der Waals surface area (Å²) in [7, 11) is -19.7. The van der Waals surface area contributed by atoms with Gasteiger partial charge in [0.1, 0.15) is 16.3 Å². The van der Waals surface area contributed by atoms with E-state index in [1.54, 1.807) is 6.07 Å². The van der Waals surface area contributed by atoms with Gasteiger partial charge in [-0.25, -0.2) is 17.4 Å². The minimum atomic E-state index is -5.30. The van der Waals surface area contributed by atoms with E-state index in [4.69, 9.17) is 4.55 Å². The minimum absolute atomic E-state index is 0.188. The molecule has 23 heteroatoms. The van der Waals surface area contributed by atoms with Crippen molar-refractivity contribution in [2.45, 2.75) is 20.9 Å². The van der Waals surface area contributed by atoms with Crippen LogP contribution in [0.3, 0.4) is 0 Å². The number of carboxylic acid groups (broad SMARTS) is 1. The summed E-state index contributed by atoms with van der Waals surface area (Å²) in [6.45, 7) is -1.10. The lowest BCUT2D eigenvalue weighted by Crippen LogP contribution is -2.16. The highest BCUT2D eigenvalue weighted by atomic mass is 32.3. The van der Waals surface area contributed by atoms with Gasteiger partial charge in [-0.05, 0) is 30.3 Å². The molecule has 0 fully saturated rings. The lowest BCUT2D eigenvalue weighted by Gasteiger charge is -2.10. The SMILES string of the molecule is O=C(O)c1ccc(S(=O)(=O)O)cc1N=NC(N=Nc1cc(S(=O)(=O)CCOS(=O)(=O)O)cc(S(=O)(=O)O)c1O)c1ccccc1. The van der Waals surface area contributed by atoms with E-state index in [0.29, 0.717) is 18.2 Å². The van der Waals surface area contributed by atoms with E-state index in [9.17, 15) is 57.8 Å². The molecule has 0 amide bonds. The van der Waals surface area contributed by atoms with Gasteiger partial charge in [0.25, 0.3) is 20.2 Å². The van der Waals surface area contributed by atoms with E-state index in [1.165, 1.54) is 24.3 Å². The van der Waals surface area contributed by atoms with E-state index < -0.39 is 102 Å². The van der Waals surface area contributed by atoms with Crippen LogP contribution in [0.15, 0.2) is 95.8 Å². The Bertz CT molecular complexity index is 2120. The van der Waals surface area contributed by atoms with Gasteiger partial charge in [0, 0.05) is 5.56 Å². The molecule has 45 heavy (non-hydrogen) atoms. The fourth-order valence-electron chi connectivity index (χ4n) is 3.34. The molecule has 19 nitrogen and oxygen atoms in total. The summed E-state index contributed by atoms with van der Waals surface area (Å²) in [6.07, 6.45) is -1.54. The van der Waals surface area contributed by atoms with Crippen LogP contribution < -0.4 is 0 Å². The van der Waals surface area contributed by atoms with Crippen molar-refractivity contribution in [3.8, 4) is 5.75 Å². The lowest BCUT2D eigenvalue weighted by molar-refractivity contribution is 0.0697. The zero-order chi connectivity index (χ0) is 33.8. The van der Waals surface area contributed by atoms with Crippen LogP contribution >= 0.6 is 0 Å². The molecule has 0 aromatic heterocycles. The van der Waals surface area contributed by atoms with Crippen molar-refractivity contribution in [3.63, 3.8) is 0 Å². The van der Waals surface area contributed by atoms with Crippen molar-refractivity contribution in [1.82, 2.24) is 0 Å². The second kappa shape index (κ2) is 13.4. The average Bonchev–Trinajstić information content (AvgIpc) is 2.92. The van der Waals surface area contributed by atoms with E-state index in [2.05, 4.69) is 24.6 Å². The number of rotatable bonds is 13. The first kappa shape index (κ1) is 35.3. The summed E-state index contributed by atoms with van der Waals surface area (Å²) in [5.74, 6) is -3.95. The van der Waals surface area contributed by atoms with Crippen LogP contribution in [0, 0.1) is 0 Å². The molecule has 0 spiro atoms. The van der Waals surface area contributed by atoms with Gasteiger partial charge in [0.2, 0.25) is 6.17 Å². The van der Waals surface area contributed by atoms with Crippen LogP contribution in [-0.4, -0.2) is 75.9 Å². The number of aromatic hydroxyl groups is 1. The number of aromatic carboxylic acids is 1. The van der Waals surface area contributed by atoms with Gasteiger partial charge in [0.15, 0.2) is 15.6 Å². The van der Waals surface area contributed by atoms with Crippen LogP contribution in [0.1, 0.15) is 22.1 Å². The smallest absolute Gasteiger partial charge is 0.397 e. The zero-order valence-electron chi connectivity index (χ0n) is 22.0. The predicted molar refractivity (Wildman–Crippen MR) is 149 cm³/mol. The van der Waals surface area contributed by atoms with Crippen molar-refractivity contribution < 1.29 is 66.5 Å². The van der Waals surface area contributed by atoms with Gasteiger partial charge in [-0.1, -0.05) is 30.3 Å². The largest absolute Gasteiger partial charge is 0.504 e. The maximum absolute atomic E-state index is 12.7. The number of hydrogen-bond donors (Lipinski definition) is 5. The minimum Gasteiger partial charge on any atom is -0.504 e. The number of azo groups is 2. The van der Waals surface area contributed by atoms with E-state index in [1.807, 2.05) is 0 Å². The molecule has 1 atom stereocenters. The average molecular weight is 709 g/mol. The Kier molecular flexibility index (Phi) is 10.5. The molecule has 0 aliphatic carbocycles. The molecule has 3 aromatic rings. The number of carboxylic acids is 1. The highest BCUT2D eigenvalue weighted by Gasteiger charge is 2.26. The Balaban J connectivity index is 2.15. The number of phenols is 1. The van der Waals surface area contributed by atoms with Crippen LogP contribution in [0.5, 0.6) is 5.75 Å². The number of carbonyl (C=O) groups is 1. The number of nitrogens with zero attached hydrogens (tertiary/aromatic N) is 4. The van der Waals surface area contributed by atoms with E-state index in [-0.39, 0.29) is 5.56 Å². The first-order chi connectivity index (χ1) is 20.7. The first-order valence-electron chi connectivity index (χ1n) is 11.6. The van der Waals surface area contributed by atoms with Crippen molar-refractivity contribution in [2.75, 3.05) is 12.4 Å². The maximum atomic E-state index is 12.7. The van der Waals surface area contributed by atoms with Gasteiger partial charge >= 0.3 is 16.4 Å². The van der Waals surface area contributed by atoms with Crippen LogP contribution in [0.25, 0.3) is 0 Å². The highest BCUT2D eigenvalue weighted by molar-refractivity contribution is 7.91. The number of hydrogen-bond acceptors (Lipinski definition) is 15. The van der Waals surface area contributed by atoms with Gasteiger partial charge in [-0.2, -0.15) is 40.6 Å². The van der Waals surface area contributed by atoms with Gasteiger partial charge in [0.05, 0.1) is 27.7 Å². The molecule has 0 saturated carbocycles. The second-order valence-corrected chi connectivity index (χ2v) is 14.5.